The summed E-state index contributed by atoms with van der Waals surface area (Å²) in [6.07, 6.45) is 0.570. The quantitative estimate of drug-likeness (QED) is 0.502. The van der Waals surface area contributed by atoms with Gasteiger partial charge in [-0.05, 0) is 17.7 Å². The van der Waals surface area contributed by atoms with Crippen molar-refractivity contribution in [1.29, 1.82) is 0 Å². The van der Waals surface area contributed by atoms with Crippen molar-refractivity contribution in [3.63, 3.8) is 0 Å². The molecule has 19 heavy (non-hydrogen) atoms. The van der Waals surface area contributed by atoms with E-state index in [9.17, 15) is 4.79 Å². The zero-order chi connectivity index (χ0) is 13.8. The van der Waals surface area contributed by atoms with Crippen LogP contribution in [0.4, 0.5) is 11.4 Å². The summed E-state index contributed by atoms with van der Waals surface area (Å²) in [5, 5.41) is 0. The highest BCUT2D eigenvalue weighted by molar-refractivity contribution is 5.76. The molecule has 0 radical (unpaired) electrons. The fourth-order valence-corrected chi connectivity index (χ4v) is 1.91. The molecule has 0 spiro atoms. The fourth-order valence-electron chi connectivity index (χ4n) is 1.91. The first-order chi connectivity index (χ1) is 9.08. The van der Waals surface area contributed by atoms with E-state index < -0.39 is 5.97 Å². The first-order valence-electron chi connectivity index (χ1n) is 5.97. The number of esters is 1. The number of rotatable bonds is 3. The Morgan fingerprint density at radius 1 is 1.05 bits per heavy atom. The molecule has 0 aromatic heterocycles. The second-order valence-corrected chi connectivity index (χ2v) is 4.31. The molecular formula is C15H16N2O2. The third-order valence-corrected chi connectivity index (χ3v) is 2.80. The van der Waals surface area contributed by atoms with Gasteiger partial charge in [-0.25, -0.2) is 0 Å². The van der Waals surface area contributed by atoms with E-state index in [1.54, 1.807) is 12.1 Å². The van der Waals surface area contributed by atoms with Gasteiger partial charge in [-0.1, -0.05) is 30.3 Å². The monoisotopic (exact) mass is 256 g/mol. The smallest absolute Gasteiger partial charge is 0.308 e. The van der Waals surface area contributed by atoms with E-state index in [1.807, 2.05) is 30.3 Å². The molecule has 4 heteroatoms. The van der Waals surface area contributed by atoms with Crippen LogP contribution in [-0.2, 0) is 11.2 Å². The third-order valence-electron chi connectivity index (χ3n) is 2.80. The molecule has 0 bridgehead atoms. The van der Waals surface area contributed by atoms with Crippen LogP contribution in [-0.4, -0.2) is 5.97 Å². The van der Waals surface area contributed by atoms with Crippen molar-refractivity contribution >= 4 is 17.3 Å². The van der Waals surface area contributed by atoms with Crippen LogP contribution < -0.4 is 16.2 Å². The molecule has 0 aliphatic rings. The summed E-state index contributed by atoms with van der Waals surface area (Å²) in [4.78, 5) is 11.2. The van der Waals surface area contributed by atoms with Crippen LogP contribution in [0.5, 0.6) is 5.75 Å². The lowest BCUT2D eigenvalue weighted by Crippen LogP contribution is -2.09. The Balaban J connectivity index is 2.43. The van der Waals surface area contributed by atoms with Gasteiger partial charge in [0.25, 0.3) is 0 Å². The summed E-state index contributed by atoms with van der Waals surface area (Å²) < 4.78 is 5.19. The maximum absolute atomic E-state index is 11.2. The number of hydrogen-bond acceptors (Lipinski definition) is 4. The second-order valence-electron chi connectivity index (χ2n) is 4.31. The fraction of sp³-hybridized carbons (Fsp3) is 0.133. The van der Waals surface area contributed by atoms with Crippen LogP contribution >= 0.6 is 0 Å². The summed E-state index contributed by atoms with van der Waals surface area (Å²) >= 11 is 0. The number of benzene rings is 2. The van der Waals surface area contributed by atoms with Gasteiger partial charge in [0.05, 0.1) is 5.69 Å². The van der Waals surface area contributed by atoms with E-state index in [2.05, 4.69) is 0 Å². The predicted octanol–water partition coefficient (Wildman–Crippen LogP) is 2.37. The lowest BCUT2D eigenvalue weighted by Gasteiger charge is -2.14. The zero-order valence-corrected chi connectivity index (χ0v) is 10.7. The molecule has 98 valence electrons. The molecule has 0 fully saturated rings. The molecule has 4 nitrogen and oxygen atoms in total. The molecule has 0 heterocycles. The normalized spacial score (nSPS) is 10.2. The number of nitrogen functional groups attached to an aromatic ring is 2. The summed E-state index contributed by atoms with van der Waals surface area (Å²) in [7, 11) is 0. The molecule has 0 saturated heterocycles. The first kappa shape index (κ1) is 13.0. The topological polar surface area (TPSA) is 78.3 Å². The Bertz CT molecular complexity index is 595. The van der Waals surface area contributed by atoms with E-state index >= 15 is 0 Å². The van der Waals surface area contributed by atoms with Crippen molar-refractivity contribution < 1.29 is 9.53 Å². The van der Waals surface area contributed by atoms with Crippen LogP contribution in [0.15, 0.2) is 42.5 Å². The van der Waals surface area contributed by atoms with Gasteiger partial charge in [-0.3, -0.25) is 4.79 Å². The number of ether oxygens (including phenoxy) is 1. The largest absolute Gasteiger partial charge is 0.424 e. The molecule has 0 aliphatic heterocycles. The third kappa shape index (κ3) is 3.04. The van der Waals surface area contributed by atoms with Gasteiger partial charge in [0.2, 0.25) is 0 Å². The SMILES string of the molecule is CC(=O)Oc1c(N)ccc(N)c1Cc1ccccc1. The molecule has 2 aromatic rings. The number of anilines is 2. The first-order valence-corrected chi connectivity index (χ1v) is 5.97. The Hall–Kier alpha value is -2.49. The summed E-state index contributed by atoms with van der Waals surface area (Å²) in [5.74, 6) is -0.0528. The van der Waals surface area contributed by atoms with Gasteiger partial charge in [0.1, 0.15) is 0 Å². The van der Waals surface area contributed by atoms with E-state index in [0.29, 0.717) is 23.5 Å². The predicted molar refractivity (Wildman–Crippen MR) is 75.8 cm³/mol. The highest BCUT2D eigenvalue weighted by Crippen LogP contribution is 2.33. The Morgan fingerprint density at radius 2 is 1.68 bits per heavy atom. The van der Waals surface area contributed by atoms with Gasteiger partial charge >= 0.3 is 5.97 Å². The lowest BCUT2D eigenvalue weighted by molar-refractivity contribution is -0.131. The minimum absolute atomic E-state index is 0.358. The Labute approximate surface area is 112 Å². The summed E-state index contributed by atoms with van der Waals surface area (Å²) in [5.41, 5.74) is 14.6. The zero-order valence-electron chi connectivity index (χ0n) is 10.7. The molecule has 2 rings (SSSR count). The number of nitrogens with two attached hydrogens (primary N) is 2. The molecule has 4 N–H and O–H groups in total. The summed E-state index contributed by atoms with van der Waals surface area (Å²) in [6.45, 7) is 1.34. The van der Waals surface area contributed by atoms with E-state index in [0.717, 1.165) is 11.1 Å². The van der Waals surface area contributed by atoms with Crippen molar-refractivity contribution in [3.8, 4) is 5.75 Å². The lowest BCUT2D eigenvalue weighted by atomic mass is 10.0. The van der Waals surface area contributed by atoms with Crippen molar-refractivity contribution in [2.45, 2.75) is 13.3 Å². The van der Waals surface area contributed by atoms with Crippen molar-refractivity contribution in [3.05, 3.63) is 53.6 Å². The van der Waals surface area contributed by atoms with E-state index in [-0.39, 0.29) is 0 Å². The molecule has 0 amide bonds. The Kier molecular flexibility index (Phi) is 3.71. The maximum atomic E-state index is 11.2. The minimum atomic E-state index is -0.411. The highest BCUT2D eigenvalue weighted by Gasteiger charge is 2.14. The van der Waals surface area contributed by atoms with Gasteiger partial charge in [-0.15, -0.1) is 0 Å². The van der Waals surface area contributed by atoms with Gasteiger partial charge < -0.3 is 16.2 Å². The van der Waals surface area contributed by atoms with Crippen LogP contribution in [0.1, 0.15) is 18.1 Å². The average Bonchev–Trinajstić information content (AvgIpc) is 2.39. The standard InChI is InChI=1S/C15H16N2O2/c1-10(18)19-15-12(13(16)7-8-14(15)17)9-11-5-3-2-4-6-11/h2-8H,9,16-17H2,1H3. The molecule has 2 aromatic carbocycles. The van der Waals surface area contributed by atoms with Crippen LogP contribution in [0, 0.1) is 0 Å². The molecule has 0 atom stereocenters. The molecule has 0 unspecified atom stereocenters. The van der Waals surface area contributed by atoms with Crippen LogP contribution in [0.3, 0.4) is 0 Å². The van der Waals surface area contributed by atoms with E-state index in [1.165, 1.54) is 6.92 Å². The van der Waals surface area contributed by atoms with Crippen molar-refractivity contribution in [1.82, 2.24) is 0 Å². The average molecular weight is 256 g/mol. The van der Waals surface area contributed by atoms with Crippen LogP contribution in [0.2, 0.25) is 0 Å². The minimum Gasteiger partial charge on any atom is -0.424 e. The Morgan fingerprint density at radius 3 is 2.32 bits per heavy atom. The molecule has 0 aliphatic carbocycles. The van der Waals surface area contributed by atoms with E-state index in [4.69, 9.17) is 16.2 Å². The number of carbonyl (C=O) groups is 1. The highest BCUT2D eigenvalue weighted by atomic mass is 16.5. The molecule has 0 saturated carbocycles. The summed E-state index contributed by atoms with van der Waals surface area (Å²) in [6, 6.07) is 13.2. The van der Waals surface area contributed by atoms with Gasteiger partial charge in [-0.2, -0.15) is 0 Å². The van der Waals surface area contributed by atoms with Crippen molar-refractivity contribution in [2.24, 2.45) is 0 Å². The number of hydrogen-bond donors (Lipinski definition) is 2. The van der Waals surface area contributed by atoms with Gasteiger partial charge in [0, 0.05) is 24.6 Å². The molecular weight excluding hydrogens is 240 g/mol. The van der Waals surface area contributed by atoms with Crippen LogP contribution in [0.25, 0.3) is 0 Å². The number of carbonyl (C=O) groups excluding carboxylic acids is 1. The van der Waals surface area contributed by atoms with Gasteiger partial charge in [0.15, 0.2) is 5.75 Å². The second kappa shape index (κ2) is 5.44. The maximum Gasteiger partial charge on any atom is 0.308 e. The van der Waals surface area contributed by atoms with Crippen molar-refractivity contribution in [2.75, 3.05) is 11.5 Å².